The second-order valence-electron chi connectivity index (χ2n) is 5.66. The van der Waals surface area contributed by atoms with E-state index < -0.39 is 6.10 Å². The molecule has 1 N–H and O–H groups in total. The summed E-state index contributed by atoms with van der Waals surface area (Å²) < 4.78 is 10.9. The molecule has 3 nitrogen and oxygen atoms in total. The lowest BCUT2D eigenvalue weighted by atomic mass is 10.0. The Morgan fingerprint density at radius 1 is 1.26 bits per heavy atom. The second-order valence-corrected chi connectivity index (χ2v) is 5.66. The Morgan fingerprint density at radius 3 is 2.53 bits per heavy atom. The fourth-order valence-electron chi connectivity index (χ4n) is 1.90. The first-order chi connectivity index (χ1) is 8.85. The van der Waals surface area contributed by atoms with Crippen molar-refractivity contribution in [1.29, 1.82) is 0 Å². The van der Waals surface area contributed by atoms with Crippen LogP contribution in [0.4, 0.5) is 0 Å². The molecule has 0 aromatic heterocycles. The van der Waals surface area contributed by atoms with E-state index in [1.165, 1.54) is 5.56 Å². The summed E-state index contributed by atoms with van der Waals surface area (Å²) >= 11 is 0. The highest BCUT2D eigenvalue weighted by molar-refractivity contribution is 5.31. The van der Waals surface area contributed by atoms with Crippen LogP contribution in [0.3, 0.4) is 0 Å². The SMILES string of the molecule is COC(C)(C)CCOCC(O)c1ccc(C)cc1C. The molecule has 0 radical (unpaired) electrons. The van der Waals surface area contributed by atoms with Crippen LogP contribution in [0.5, 0.6) is 0 Å². The number of aliphatic hydroxyl groups excluding tert-OH is 1. The van der Waals surface area contributed by atoms with Crippen LogP contribution in [-0.2, 0) is 9.47 Å². The highest BCUT2D eigenvalue weighted by atomic mass is 16.5. The van der Waals surface area contributed by atoms with E-state index in [0.717, 1.165) is 17.5 Å². The van der Waals surface area contributed by atoms with Crippen molar-refractivity contribution in [3.05, 3.63) is 34.9 Å². The fourth-order valence-corrected chi connectivity index (χ4v) is 1.90. The molecule has 0 bridgehead atoms. The summed E-state index contributed by atoms with van der Waals surface area (Å²) in [6, 6.07) is 6.06. The molecule has 108 valence electrons. The van der Waals surface area contributed by atoms with Crippen LogP contribution in [0.2, 0.25) is 0 Å². The van der Waals surface area contributed by atoms with E-state index in [0.29, 0.717) is 13.2 Å². The third kappa shape index (κ3) is 5.31. The van der Waals surface area contributed by atoms with Gasteiger partial charge in [-0.15, -0.1) is 0 Å². The molecule has 0 fully saturated rings. The lowest BCUT2D eigenvalue weighted by Crippen LogP contribution is -2.25. The minimum Gasteiger partial charge on any atom is -0.386 e. The number of hydrogen-bond donors (Lipinski definition) is 1. The van der Waals surface area contributed by atoms with E-state index in [4.69, 9.17) is 9.47 Å². The van der Waals surface area contributed by atoms with Gasteiger partial charge in [-0.05, 0) is 45.2 Å². The Bertz CT molecular complexity index is 399. The van der Waals surface area contributed by atoms with E-state index in [-0.39, 0.29) is 5.60 Å². The molecule has 0 saturated carbocycles. The van der Waals surface area contributed by atoms with Gasteiger partial charge in [-0.2, -0.15) is 0 Å². The summed E-state index contributed by atoms with van der Waals surface area (Å²) in [5, 5.41) is 10.1. The molecule has 0 spiro atoms. The molecule has 1 aromatic carbocycles. The molecule has 0 saturated heterocycles. The maximum Gasteiger partial charge on any atom is 0.103 e. The number of methoxy groups -OCH3 is 1. The predicted molar refractivity (Wildman–Crippen MR) is 77.4 cm³/mol. The van der Waals surface area contributed by atoms with Crippen molar-refractivity contribution in [1.82, 2.24) is 0 Å². The third-order valence-electron chi connectivity index (χ3n) is 3.46. The first-order valence-corrected chi connectivity index (χ1v) is 6.74. The van der Waals surface area contributed by atoms with Crippen LogP contribution in [0, 0.1) is 13.8 Å². The van der Waals surface area contributed by atoms with Gasteiger partial charge in [0.2, 0.25) is 0 Å². The molecular weight excluding hydrogens is 240 g/mol. The van der Waals surface area contributed by atoms with E-state index in [9.17, 15) is 5.11 Å². The summed E-state index contributed by atoms with van der Waals surface area (Å²) in [5.74, 6) is 0. The van der Waals surface area contributed by atoms with Crippen molar-refractivity contribution in [3.8, 4) is 0 Å². The highest BCUT2D eigenvalue weighted by Crippen LogP contribution is 2.20. The molecule has 1 unspecified atom stereocenters. The van der Waals surface area contributed by atoms with Crippen LogP contribution in [0.1, 0.15) is 43.1 Å². The van der Waals surface area contributed by atoms with E-state index in [2.05, 4.69) is 6.07 Å². The number of aryl methyl sites for hydroxylation is 2. The van der Waals surface area contributed by atoms with Gasteiger partial charge in [0.1, 0.15) is 6.10 Å². The topological polar surface area (TPSA) is 38.7 Å². The standard InChI is InChI=1S/C16H26O3/c1-12-6-7-14(13(2)10-12)15(17)11-19-9-8-16(3,4)18-5/h6-7,10,15,17H,8-9,11H2,1-5H3. The lowest BCUT2D eigenvalue weighted by Gasteiger charge is -2.23. The van der Waals surface area contributed by atoms with E-state index in [1.807, 2.05) is 39.8 Å². The van der Waals surface area contributed by atoms with Crippen molar-refractivity contribution in [2.75, 3.05) is 20.3 Å². The Labute approximate surface area is 116 Å². The zero-order valence-corrected chi connectivity index (χ0v) is 12.7. The van der Waals surface area contributed by atoms with Crippen molar-refractivity contribution in [3.63, 3.8) is 0 Å². The molecule has 0 aliphatic heterocycles. The second kappa shape index (κ2) is 7.04. The van der Waals surface area contributed by atoms with Gasteiger partial charge in [0, 0.05) is 13.7 Å². The average Bonchev–Trinajstić information content (AvgIpc) is 2.34. The maximum absolute atomic E-state index is 10.1. The number of hydrogen-bond acceptors (Lipinski definition) is 3. The van der Waals surface area contributed by atoms with Crippen LogP contribution < -0.4 is 0 Å². The molecular formula is C16H26O3. The molecule has 0 amide bonds. The quantitative estimate of drug-likeness (QED) is 0.770. The minimum atomic E-state index is -0.564. The maximum atomic E-state index is 10.1. The summed E-state index contributed by atoms with van der Waals surface area (Å²) in [5.41, 5.74) is 3.08. The Kier molecular flexibility index (Phi) is 5.98. The first kappa shape index (κ1) is 16.2. The third-order valence-corrected chi connectivity index (χ3v) is 3.46. The predicted octanol–water partition coefficient (Wildman–Crippen LogP) is 3.17. The van der Waals surface area contributed by atoms with Gasteiger partial charge in [-0.3, -0.25) is 0 Å². The number of aliphatic hydroxyl groups is 1. The first-order valence-electron chi connectivity index (χ1n) is 6.74. The number of ether oxygens (including phenoxy) is 2. The smallest absolute Gasteiger partial charge is 0.103 e. The lowest BCUT2D eigenvalue weighted by molar-refractivity contribution is -0.0249. The van der Waals surface area contributed by atoms with E-state index in [1.54, 1.807) is 7.11 Å². The summed E-state index contributed by atoms with van der Waals surface area (Å²) in [4.78, 5) is 0. The molecule has 1 rings (SSSR count). The van der Waals surface area contributed by atoms with Gasteiger partial charge in [-0.1, -0.05) is 23.8 Å². The molecule has 1 atom stereocenters. The minimum absolute atomic E-state index is 0.176. The summed E-state index contributed by atoms with van der Waals surface area (Å²) in [6.45, 7) is 9.02. The number of benzene rings is 1. The Hall–Kier alpha value is -0.900. The van der Waals surface area contributed by atoms with E-state index >= 15 is 0 Å². The molecule has 3 heteroatoms. The van der Waals surface area contributed by atoms with Crippen LogP contribution in [0.15, 0.2) is 18.2 Å². The van der Waals surface area contributed by atoms with Crippen LogP contribution >= 0.6 is 0 Å². The molecule has 1 aromatic rings. The van der Waals surface area contributed by atoms with Crippen molar-refractivity contribution in [2.45, 2.75) is 45.8 Å². The van der Waals surface area contributed by atoms with Gasteiger partial charge < -0.3 is 14.6 Å². The number of rotatable bonds is 7. The van der Waals surface area contributed by atoms with Gasteiger partial charge in [0.25, 0.3) is 0 Å². The Morgan fingerprint density at radius 2 is 1.95 bits per heavy atom. The molecule has 0 aliphatic carbocycles. The van der Waals surface area contributed by atoms with Gasteiger partial charge >= 0.3 is 0 Å². The van der Waals surface area contributed by atoms with Gasteiger partial charge in [0.05, 0.1) is 12.2 Å². The molecule has 0 aliphatic rings. The molecule has 19 heavy (non-hydrogen) atoms. The average molecular weight is 266 g/mol. The Balaban J connectivity index is 2.41. The van der Waals surface area contributed by atoms with Crippen molar-refractivity contribution >= 4 is 0 Å². The normalized spacial score (nSPS) is 13.6. The van der Waals surface area contributed by atoms with Gasteiger partial charge in [-0.25, -0.2) is 0 Å². The van der Waals surface area contributed by atoms with Crippen LogP contribution in [0.25, 0.3) is 0 Å². The van der Waals surface area contributed by atoms with Crippen molar-refractivity contribution in [2.24, 2.45) is 0 Å². The fraction of sp³-hybridized carbons (Fsp3) is 0.625. The summed E-state index contributed by atoms with van der Waals surface area (Å²) in [7, 11) is 1.70. The zero-order chi connectivity index (χ0) is 14.5. The zero-order valence-electron chi connectivity index (χ0n) is 12.7. The van der Waals surface area contributed by atoms with Crippen molar-refractivity contribution < 1.29 is 14.6 Å². The monoisotopic (exact) mass is 266 g/mol. The molecule has 0 heterocycles. The van der Waals surface area contributed by atoms with Gasteiger partial charge in [0.15, 0.2) is 0 Å². The summed E-state index contributed by atoms with van der Waals surface area (Å²) in [6.07, 6.45) is 0.245. The largest absolute Gasteiger partial charge is 0.386 e. The van der Waals surface area contributed by atoms with Crippen LogP contribution in [-0.4, -0.2) is 31.0 Å². The highest BCUT2D eigenvalue weighted by Gasteiger charge is 2.16.